The van der Waals surface area contributed by atoms with Gasteiger partial charge < -0.3 is 10.4 Å². The van der Waals surface area contributed by atoms with Gasteiger partial charge in [0.05, 0.1) is 5.02 Å². The maximum atomic E-state index is 13.0. The average Bonchev–Trinajstić information content (AvgIpc) is 2.72. The van der Waals surface area contributed by atoms with Crippen molar-refractivity contribution >= 4 is 34.0 Å². The maximum absolute atomic E-state index is 13.0. The van der Waals surface area contributed by atoms with Gasteiger partial charge in [0.15, 0.2) is 10.8 Å². The van der Waals surface area contributed by atoms with Gasteiger partial charge in [-0.25, -0.2) is 14.2 Å². The van der Waals surface area contributed by atoms with Crippen LogP contribution in [-0.4, -0.2) is 16.1 Å². The van der Waals surface area contributed by atoms with Crippen LogP contribution in [0.15, 0.2) is 18.2 Å². The van der Waals surface area contributed by atoms with Crippen molar-refractivity contribution in [3.05, 3.63) is 45.2 Å². The third kappa shape index (κ3) is 3.21. The van der Waals surface area contributed by atoms with Crippen molar-refractivity contribution in [1.29, 1.82) is 0 Å². The summed E-state index contributed by atoms with van der Waals surface area (Å²) in [6.07, 6.45) is 0. The molecule has 4 nitrogen and oxygen atoms in total. The van der Waals surface area contributed by atoms with Gasteiger partial charge in [-0.15, -0.1) is 11.3 Å². The molecule has 0 fully saturated rings. The molecule has 0 amide bonds. The maximum Gasteiger partial charge on any atom is 0.355 e. The number of anilines is 1. The van der Waals surface area contributed by atoms with Crippen molar-refractivity contribution in [3.8, 4) is 0 Å². The van der Waals surface area contributed by atoms with Gasteiger partial charge in [0, 0.05) is 11.4 Å². The van der Waals surface area contributed by atoms with Crippen molar-refractivity contribution in [2.75, 3.05) is 5.32 Å². The van der Waals surface area contributed by atoms with Crippen LogP contribution in [0.4, 0.5) is 9.52 Å². The minimum Gasteiger partial charge on any atom is -0.476 e. The fourth-order valence-electron chi connectivity index (χ4n) is 1.50. The first-order valence-electron chi connectivity index (χ1n) is 5.36. The minimum absolute atomic E-state index is 0.0460. The summed E-state index contributed by atoms with van der Waals surface area (Å²) in [5.74, 6) is -1.52. The van der Waals surface area contributed by atoms with Crippen molar-refractivity contribution in [2.24, 2.45) is 0 Å². The third-order valence-electron chi connectivity index (χ3n) is 2.43. The number of benzene rings is 1. The van der Waals surface area contributed by atoms with Crippen molar-refractivity contribution < 1.29 is 14.3 Å². The van der Waals surface area contributed by atoms with Gasteiger partial charge >= 0.3 is 5.97 Å². The molecule has 7 heteroatoms. The molecule has 0 spiro atoms. The van der Waals surface area contributed by atoms with Crippen LogP contribution in [0.2, 0.25) is 5.02 Å². The molecule has 0 aliphatic rings. The molecule has 0 unspecified atom stereocenters. The van der Waals surface area contributed by atoms with Crippen molar-refractivity contribution in [2.45, 2.75) is 13.5 Å². The van der Waals surface area contributed by atoms with Gasteiger partial charge in [-0.1, -0.05) is 17.7 Å². The number of thiazole rings is 1. The van der Waals surface area contributed by atoms with Crippen LogP contribution in [-0.2, 0) is 6.54 Å². The van der Waals surface area contributed by atoms with E-state index in [9.17, 15) is 9.18 Å². The zero-order valence-electron chi connectivity index (χ0n) is 9.91. The molecule has 19 heavy (non-hydrogen) atoms. The van der Waals surface area contributed by atoms with Gasteiger partial charge in [-0.2, -0.15) is 0 Å². The van der Waals surface area contributed by atoms with Gasteiger partial charge in [-0.05, 0) is 24.6 Å². The lowest BCUT2D eigenvalue weighted by atomic mass is 10.2. The Hall–Kier alpha value is -1.66. The molecule has 2 rings (SSSR count). The van der Waals surface area contributed by atoms with E-state index >= 15 is 0 Å². The summed E-state index contributed by atoms with van der Waals surface area (Å²) in [4.78, 5) is 15.4. The van der Waals surface area contributed by atoms with Crippen LogP contribution in [0.25, 0.3) is 0 Å². The molecule has 0 radical (unpaired) electrons. The molecular formula is C12H10ClFN2O2S. The van der Waals surface area contributed by atoms with E-state index in [1.165, 1.54) is 23.5 Å². The highest BCUT2D eigenvalue weighted by atomic mass is 35.5. The molecular weight excluding hydrogens is 291 g/mol. The first kappa shape index (κ1) is 13.8. The Morgan fingerprint density at radius 1 is 1.58 bits per heavy atom. The molecule has 1 aromatic carbocycles. The number of carbonyl (C=O) groups is 1. The molecule has 0 saturated heterocycles. The number of aryl methyl sites for hydroxylation is 1. The van der Waals surface area contributed by atoms with Gasteiger partial charge in [0.1, 0.15) is 5.82 Å². The Bertz CT molecular complexity index is 630. The Labute approximate surface area is 117 Å². The summed E-state index contributed by atoms with van der Waals surface area (Å²) in [5, 5.41) is 12.4. The van der Waals surface area contributed by atoms with Crippen LogP contribution in [0.1, 0.15) is 20.9 Å². The second kappa shape index (κ2) is 5.54. The van der Waals surface area contributed by atoms with Crippen LogP contribution in [0.3, 0.4) is 0 Å². The molecule has 0 atom stereocenters. The first-order chi connectivity index (χ1) is 8.97. The number of carboxylic acid groups (broad SMARTS) is 1. The number of hydrogen-bond acceptors (Lipinski definition) is 4. The number of carboxylic acids is 1. The summed E-state index contributed by atoms with van der Waals surface area (Å²) >= 11 is 6.93. The number of rotatable bonds is 4. The van der Waals surface area contributed by atoms with Crippen LogP contribution in [0, 0.1) is 12.7 Å². The number of nitrogens with one attached hydrogen (secondary N) is 1. The summed E-state index contributed by atoms with van der Waals surface area (Å²) in [6, 6.07) is 4.41. The first-order valence-corrected chi connectivity index (χ1v) is 6.55. The second-order valence-corrected chi connectivity index (χ2v) is 5.44. The smallest absolute Gasteiger partial charge is 0.355 e. The van der Waals surface area contributed by atoms with E-state index in [1.807, 2.05) is 0 Å². The predicted octanol–water partition coefficient (Wildman–Crippen LogP) is 3.55. The number of aromatic carboxylic acids is 1. The summed E-state index contributed by atoms with van der Waals surface area (Å²) in [7, 11) is 0. The summed E-state index contributed by atoms with van der Waals surface area (Å²) in [6.45, 7) is 2.09. The number of aromatic nitrogens is 1. The largest absolute Gasteiger partial charge is 0.476 e. The lowest BCUT2D eigenvalue weighted by molar-refractivity contribution is 0.0690. The molecule has 1 aromatic heterocycles. The highest BCUT2D eigenvalue weighted by Crippen LogP contribution is 2.23. The predicted molar refractivity (Wildman–Crippen MR) is 72.5 cm³/mol. The van der Waals surface area contributed by atoms with E-state index in [4.69, 9.17) is 16.7 Å². The minimum atomic E-state index is -1.05. The topological polar surface area (TPSA) is 62.2 Å². The van der Waals surface area contributed by atoms with Crippen molar-refractivity contribution in [3.63, 3.8) is 0 Å². The summed E-state index contributed by atoms with van der Waals surface area (Å²) in [5.41, 5.74) is 0.834. The number of nitrogens with zero attached hydrogens (tertiary/aromatic N) is 1. The van der Waals surface area contributed by atoms with Crippen LogP contribution < -0.4 is 5.32 Å². The third-order valence-corrected chi connectivity index (χ3v) is 3.65. The zero-order chi connectivity index (χ0) is 14.0. The Morgan fingerprint density at radius 3 is 2.89 bits per heavy atom. The molecule has 0 aliphatic carbocycles. The highest BCUT2D eigenvalue weighted by Gasteiger charge is 2.13. The van der Waals surface area contributed by atoms with Gasteiger partial charge in [-0.3, -0.25) is 0 Å². The Kier molecular flexibility index (Phi) is 4.01. The zero-order valence-corrected chi connectivity index (χ0v) is 11.5. The van der Waals surface area contributed by atoms with E-state index < -0.39 is 11.8 Å². The van der Waals surface area contributed by atoms with E-state index in [0.717, 1.165) is 5.56 Å². The molecule has 2 N–H and O–H groups in total. The van der Waals surface area contributed by atoms with E-state index in [1.54, 1.807) is 13.0 Å². The van der Waals surface area contributed by atoms with Gasteiger partial charge in [0.2, 0.25) is 0 Å². The Morgan fingerprint density at radius 2 is 2.32 bits per heavy atom. The monoisotopic (exact) mass is 300 g/mol. The van der Waals surface area contributed by atoms with E-state index in [2.05, 4.69) is 10.3 Å². The fourth-order valence-corrected chi connectivity index (χ4v) is 2.50. The lowest BCUT2D eigenvalue weighted by Gasteiger charge is -2.03. The lowest BCUT2D eigenvalue weighted by Crippen LogP contribution is -2.02. The summed E-state index contributed by atoms with van der Waals surface area (Å²) < 4.78 is 13.0. The molecule has 2 aromatic rings. The van der Waals surface area contributed by atoms with E-state index in [-0.39, 0.29) is 10.7 Å². The second-order valence-electron chi connectivity index (χ2n) is 3.83. The number of hydrogen-bond donors (Lipinski definition) is 2. The molecule has 0 aliphatic heterocycles. The number of halogens is 2. The quantitative estimate of drug-likeness (QED) is 0.906. The highest BCUT2D eigenvalue weighted by molar-refractivity contribution is 7.15. The van der Waals surface area contributed by atoms with Crippen LogP contribution >= 0.6 is 22.9 Å². The normalized spacial score (nSPS) is 10.5. The van der Waals surface area contributed by atoms with Crippen molar-refractivity contribution in [1.82, 2.24) is 4.98 Å². The molecule has 0 bridgehead atoms. The Balaban J connectivity index is 2.08. The van der Waals surface area contributed by atoms with Crippen LogP contribution in [0.5, 0.6) is 0 Å². The fraction of sp³-hybridized carbons (Fsp3) is 0.167. The SMILES string of the molecule is Cc1sc(NCc2ccc(F)c(Cl)c2)nc1C(=O)O. The van der Waals surface area contributed by atoms with Gasteiger partial charge in [0.25, 0.3) is 0 Å². The average molecular weight is 301 g/mol. The standard InChI is InChI=1S/C12H10ClFN2O2S/c1-6-10(11(17)18)16-12(19-6)15-5-7-2-3-9(14)8(13)4-7/h2-4H,5H2,1H3,(H,15,16)(H,17,18). The molecule has 100 valence electrons. The molecule has 0 saturated carbocycles. The van der Waals surface area contributed by atoms with E-state index in [0.29, 0.717) is 16.6 Å². The molecule has 1 heterocycles.